The van der Waals surface area contributed by atoms with Crippen LogP contribution in [0.25, 0.3) is 0 Å². The second-order valence-electron chi connectivity index (χ2n) is 16.8. The number of nitrogens with zero attached hydrogens (tertiary/aromatic N) is 1. The van der Waals surface area contributed by atoms with Gasteiger partial charge in [0.1, 0.15) is 19.8 Å². The van der Waals surface area contributed by atoms with Crippen LogP contribution >= 0.6 is 7.82 Å². The van der Waals surface area contributed by atoms with Gasteiger partial charge in [0.05, 0.1) is 34.0 Å². The Morgan fingerprint density at radius 2 is 0.982 bits per heavy atom. The van der Waals surface area contributed by atoms with Gasteiger partial charge in [-0.1, -0.05) is 153 Å². The highest BCUT2D eigenvalue weighted by Gasteiger charge is 2.20. The third-order valence-electron chi connectivity index (χ3n) is 9.92. The van der Waals surface area contributed by atoms with Crippen LogP contribution in [0.4, 0.5) is 0 Å². The maximum absolute atomic E-state index is 12.7. The molecule has 0 spiro atoms. The van der Waals surface area contributed by atoms with Gasteiger partial charge in [0.15, 0.2) is 6.10 Å². The summed E-state index contributed by atoms with van der Waals surface area (Å²) < 4.78 is 34.4. The Bertz CT molecular complexity index is 1050. The predicted molar refractivity (Wildman–Crippen MR) is 240 cm³/mol. The molecule has 0 aromatic heterocycles. The third-order valence-corrected chi connectivity index (χ3v) is 10.9. The Kier molecular flexibility index (Phi) is 39.8. The second-order valence-corrected chi connectivity index (χ2v) is 18.2. The zero-order valence-electron chi connectivity index (χ0n) is 37.8. The summed E-state index contributed by atoms with van der Waals surface area (Å²) >= 11 is 0. The number of carbonyl (C=O) groups is 1. The van der Waals surface area contributed by atoms with Crippen LogP contribution in [0.2, 0.25) is 0 Å². The standard InChI is InChI=1S/C48H90NO7P/c1-6-8-10-12-14-16-18-20-22-24-25-26-27-29-31-33-35-37-39-41-48(50)56-47(46-55-57(51,52)54-44-42-49(3,4)5)45-53-43-40-38-36-34-32-30-28-23-21-19-17-15-13-11-9-7-2/h14,16-17,19-20,22,40,43,47H,6-13,15,18,21,23-39,41-42,44-46H2,1-5H3/b16-14-,19-17-,22-20-,43-40-/t47-/m1/s1. The number of carbonyl (C=O) groups excluding carboxylic acids is 1. The number of rotatable bonds is 43. The van der Waals surface area contributed by atoms with Crippen LogP contribution in [0.3, 0.4) is 0 Å². The number of likely N-dealkylation sites (N-methyl/N-ethyl adjacent to an activating group) is 1. The van der Waals surface area contributed by atoms with Crippen LogP contribution in [0.5, 0.6) is 0 Å². The van der Waals surface area contributed by atoms with Crippen molar-refractivity contribution < 1.29 is 37.3 Å². The van der Waals surface area contributed by atoms with Crippen LogP contribution in [0.15, 0.2) is 48.8 Å². The molecule has 0 rings (SSSR count). The lowest BCUT2D eigenvalue weighted by atomic mass is 10.1. The van der Waals surface area contributed by atoms with Gasteiger partial charge >= 0.3 is 5.97 Å². The number of phosphoric acid groups is 1. The molecule has 0 aromatic carbocycles. The molecule has 0 saturated heterocycles. The van der Waals surface area contributed by atoms with Crippen LogP contribution < -0.4 is 4.89 Å². The van der Waals surface area contributed by atoms with Crippen molar-refractivity contribution >= 4 is 13.8 Å². The van der Waals surface area contributed by atoms with Crippen molar-refractivity contribution in [3.63, 3.8) is 0 Å². The smallest absolute Gasteiger partial charge is 0.306 e. The minimum atomic E-state index is -4.55. The predicted octanol–water partition coefficient (Wildman–Crippen LogP) is 13.7. The molecule has 0 fully saturated rings. The molecule has 0 bridgehead atoms. The minimum Gasteiger partial charge on any atom is -0.756 e. The minimum absolute atomic E-state index is 0.0136. The van der Waals surface area contributed by atoms with Crippen molar-refractivity contribution in [2.75, 3.05) is 47.5 Å². The number of quaternary nitrogens is 1. The Hall–Kier alpha value is -1.70. The number of hydrogen-bond acceptors (Lipinski definition) is 7. The van der Waals surface area contributed by atoms with Gasteiger partial charge in [-0.05, 0) is 83.1 Å². The van der Waals surface area contributed by atoms with E-state index in [0.29, 0.717) is 17.4 Å². The van der Waals surface area contributed by atoms with Gasteiger partial charge < -0.3 is 27.9 Å². The fraction of sp³-hybridized carbons (Fsp3) is 0.812. The van der Waals surface area contributed by atoms with E-state index in [9.17, 15) is 14.3 Å². The molecule has 0 aliphatic rings. The lowest BCUT2D eigenvalue weighted by Crippen LogP contribution is -2.37. The molecule has 0 N–H and O–H groups in total. The first-order valence-electron chi connectivity index (χ1n) is 23.4. The molecule has 0 aliphatic carbocycles. The highest BCUT2D eigenvalue weighted by molar-refractivity contribution is 7.45. The Morgan fingerprint density at radius 3 is 1.49 bits per heavy atom. The molecule has 2 atom stereocenters. The van der Waals surface area contributed by atoms with E-state index in [1.807, 2.05) is 27.2 Å². The summed E-state index contributed by atoms with van der Waals surface area (Å²) in [7, 11) is 1.32. The largest absolute Gasteiger partial charge is 0.756 e. The Morgan fingerprint density at radius 1 is 0.561 bits per heavy atom. The number of ether oxygens (including phenoxy) is 2. The van der Waals surface area contributed by atoms with Gasteiger partial charge in [-0.25, -0.2) is 0 Å². The molecule has 8 nitrogen and oxygen atoms in total. The van der Waals surface area contributed by atoms with Crippen LogP contribution in [-0.4, -0.2) is 64.1 Å². The molecule has 57 heavy (non-hydrogen) atoms. The van der Waals surface area contributed by atoms with Crippen molar-refractivity contribution in [2.24, 2.45) is 0 Å². The first-order valence-corrected chi connectivity index (χ1v) is 24.9. The van der Waals surface area contributed by atoms with Gasteiger partial charge in [-0.3, -0.25) is 9.36 Å². The van der Waals surface area contributed by atoms with Crippen LogP contribution in [-0.2, 0) is 27.9 Å². The highest BCUT2D eigenvalue weighted by atomic mass is 31.2. The van der Waals surface area contributed by atoms with E-state index in [0.717, 1.165) is 38.5 Å². The number of allylic oxidation sites excluding steroid dienone is 7. The average Bonchev–Trinajstić information content (AvgIpc) is 3.16. The topological polar surface area (TPSA) is 94.1 Å². The molecule has 0 aromatic rings. The van der Waals surface area contributed by atoms with E-state index in [1.54, 1.807) is 6.26 Å². The SMILES string of the molecule is CCCCC/C=C\C/C=C\CCCCCCCCCCCC(=O)O[C@H](CO/C=C\CCCCCCCC/C=C\CCCCCC)COP(=O)([O-])OCC[N+](C)(C)C. The van der Waals surface area contributed by atoms with Gasteiger partial charge in [-0.2, -0.15) is 0 Å². The molecule has 1 unspecified atom stereocenters. The lowest BCUT2D eigenvalue weighted by Gasteiger charge is -2.28. The van der Waals surface area contributed by atoms with Crippen molar-refractivity contribution in [2.45, 2.75) is 206 Å². The van der Waals surface area contributed by atoms with E-state index in [1.165, 1.54) is 141 Å². The van der Waals surface area contributed by atoms with Gasteiger partial charge in [-0.15, -0.1) is 0 Å². The molecular weight excluding hydrogens is 734 g/mol. The summed E-state index contributed by atoms with van der Waals surface area (Å²) in [4.78, 5) is 25.1. The van der Waals surface area contributed by atoms with E-state index >= 15 is 0 Å². The summed E-state index contributed by atoms with van der Waals surface area (Å²) in [5.74, 6) is -0.363. The van der Waals surface area contributed by atoms with Crippen molar-refractivity contribution in [3.8, 4) is 0 Å². The lowest BCUT2D eigenvalue weighted by molar-refractivity contribution is -0.870. The zero-order chi connectivity index (χ0) is 42.0. The van der Waals surface area contributed by atoms with E-state index in [-0.39, 0.29) is 25.8 Å². The van der Waals surface area contributed by atoms with Crippen LogP contribution in [0, 0.1) is 0 Å². The maximum atomic E-state index is 12.7. The molecule has 9 heteroatoms. The third kappa shape index (κ3) is 45.2. The summed E-state index contributed by atoms with van der Waals surface area (Å²) in [6.07, 6.45) is 50.7. The fourth-order valence-electron chi connectivity index (χ4n) is 6.24. The van der Waals surface area contributed by atoms with Gasteiger partial charge in [0.2, 0.25) is 0 Å². The summed E-state index contributed by atoms with van der Waals surface area (Å²) in [6.45, 7) is 4.69. The Balaban J connectivity index is 4.26. The first-order chi connectivity index (χ1) is 27.6. The van der Waals surface area contributed by atoms with Crippen LogP contribution in [0.1, 0.15) is 200 Å². The van der Waals surface area contributed by atoms with Crippen molar-refractivity contribution in [1.82, 2.24) is 0 Å². The highest BCUT2D eigenvalue weighted by Crippen LogP contribution is 2.38. The normalized spacial score (nSPS) is 14.1. The zero-order valence-corrected chi connectivity index (χ0v) is 38.7. The van der Waals surface area contributed by atoms with Gasteiger partial charge in [0, 0.05) is 6.42 Å². The summed E-state index contributed by atoms with van der Waals surface area (Å²) in [5, 5.41) is 0. The number of esters is 1. The quantitative estimate of drug-likeness (QED) is 0.0151. The molecule has 334 valence electrons. The number of hydrogen-bond donors (Lipinski definition) is 0. The molecular formula is C48H90NO7P. The van der Waals surface area contributed by atoms with E-state index in [4.69, 9.17) is 18.5 Å². The van der Waals surface area contributed by atoms with Gasteiger partial charge in [0.25, 0.3) is 7.82 Å². The van der Waals surface area contributed by atoms with E-state index in [2.05, 4.69) is 50.3 Å². The second kappa shape index (κ2) is 41.1. The maximum Gasteiger partial charge on any atom is 0.306 e. The summed E-state index contributed by atoms with van der Waals surface area (Å²) in [6, 6.07) is 0. The summed E-state index contributed by atoms with van der Waals surface area (Å²) in [5.41, 5.74) is 0. The molecule has 0 heterocycles. The first kappa shape index (κ1) is 55.3. The molecule has 0 radical (unpaired) electrons. The van der Waals surface area contributed by atoms with Crippen molar-refractivity contribution in [3.05, 3.63) is 48.8 Å². The average molecular weight is 824 g/mol. The fourth-order valence-corrected chi connectivity index (χ4v) is 6.97. The molecule has 0 amide bonds. The number of unbranched alkanes of at least 4 members (excludes halogenated alkanes) is 23. The monoisotopic (exact) mass is 824 g/mol. The Labute approximate surface area is 352 Å². The van der Waals surface area contributed by atoms with E-state index < -0.39 is 13.9 Å². The van der Waals surface area contributed by atoms with Crippen molar-refractivity contribution in [1.29, 1.82) is 0 Å². The molecule has 0 saturated carbocycles. The number of phosphoric ester groups is 1. The molecule has 0 aliphatic heterocycles.